The van der Waals surface area contributed by atoms with Crippen molar-refractivity contribution in [3.8, 4) is 0 Å². The van der Waals surface area contributed by atoms with E-state index in [9.17, 15) is 9.59 Å². The van der Waals surface area contributed by atoms with Gasteiger partial charge in [0.2, 0.25) is 0 Å². The average Bonchev–Trinajstić information content (AvgIpc) is 3.34. The second-order valence-electron chi connectivity index (χ2n) is 9.01. The van der Waals surface area contributed by atoms with Crippen molar-refractivity contribution in [1.82, 2.24) is 19.8 Å². The number of carbonyl (C=O) groups is 1. The molecule has 1 fully saturated rings. The minimum absolute atomic E-state index is 0.00768. The molecule has 168 valence electrons. The van der Waals surface area contributed by atoms with Crippen molar-refractivity contribution in [1.29, 1.82) is 0 Å². The zero-order valence-electron chi connectivity index (χ0n) is 18.7. The summed E-state index contributed by atoms with van der Waals surface area (Å²) in [6, 6.07) is 8.49. The van der Waals surface area contributed by atoms with Gasteiger partial charge < -0.3 is 5.32 Å². The van der Waals surface area contributed by atoms with Crippen molar-refractivity contribution in [2.24, 2.45) is 0 Å². The molecule has 32 heavy (non-hydrogen) atoms. The van der Waals surface area contributed by atoms with Crippen molar-refractivity contribution >= 4 is 27.5 Å². The predicted octanol–water partition coefficient (Wildman–Crippen LogP) is 4.02. The van der Waals surface area contributed by atoms with Crippen molar-refractivity contribution in [2.75, 3.05) is 13.1 Å². The number of likely N-dealkylation sites (tertiary alicyclic amines) is 1. The quantitative estimate of drug-likeness (QED) is 0.638. The number of hydrogen-bond donors (Lipinski definition) is 1. The van der Waals surface area contributed by atoms with Crippen LogP contribution < -0.4 is 10.9 Å². The number of nitrogens with zero attached hydrogens (tertiary/aromatic N) is 3. The third-order valence-electron chi connectivity index (χ3n) is 6.70. The first-order valence-electron chi connectivity index (χ1n) is 11.7. The van der Waals surface area contributed by atoms with Gasteiger partial charge >= 0.3 is 0 Å². The maximum atomic E-state index is 13.1. The second-order valence-corrected chi connectivity index (χ2v) is 10.0. The summed E-state index contributed by atoms with van der Waals surface area (Å²) in [5.74, 6) is 0.730. The maximum Gasteiger partial charge on any atom is 0.262 e. The summed E-state index contributed by atoms with van der Waals surface area (Å²) >= 11 is 1.34. The largest absolute Gasteiger partial charge is 0.347 e. The zero-order valence-corrected chi connectivity index (χ0v) is 19.5. The fraction of sp³-hybridized carbons (Fsp3) is 0.480. The monoisotopic (exact) mass is 450 g/mol. The first-order valence-corrected chi connectivity index (χ1v) is 12.5. The Balaban J connectivity index is 1.30. The van der Waals surface area contributed by atoms with E-state index < -0.39 is 0 Å². The normalized spacial score (nSPS) is 16.8. The molecule has 1 N–H and O–H groups in total. The molecule has 0 spiro atoms. The Kier molecular flexibility index (Phi) is 6.11. The maximum absolute atomic E-state index is 13.1. The van der Waals surface area contributed by atoms with Crippen LogP contribution >= 0.6 is 11.3 Å². The van der Waals surface area contributed by atoms with Crippen LogP contribution in [-0.4, -0.2) is 33.4 Å². The van der Waals surface area contributed by atoms with Gasteiger partial charge in [0.15, 0.2) is 0 Å². The lowest BCUT2D eigenvalue weighted by Gasteiger charge is -2.14. The van der Waals surface area contributed by atoms with Crippen LogP contribution in [0.25, 0.3) is 10.2 Å². The third kappa shape index (κ3) is 4.24. The SMILES string of the molecule is Cc1c(C(=O)NCc2ccc(CN3CCCC3)cc2)sc2nc3n(c(=O)c12)CCCCC3. The highest BCUT2D eigenvalue weighted by Gasteiger charge is 2.22. The van der Waals surface area contributed by atoms with Gasteiger partial charge in [0, 0.05) is 26.1 Å². The highest BCUT2D eigenvalue weighted by atomic mass is 32.1. The van der Waals surface area contributed by atoms with Crippen molar-refractivity contribution in [3.05, 3.63) is 62.0 Å². The smallest absolute Gasteiger partial charge is 0.262 e. The van der Waals surface area contributed by atoms with Crippen LogP contribution in [0.4, 0.5) is 0 Å². The van der Waals surface area contributed by atoms with Gasteiger partial charge in [-0.25, -0.2) is 4.98 Å². The Bertz CT molecular complexity index is 1190. The molecule has 2 aliphatic rings. The molecule has 6 nitrogen and oxygen atoms in total. The minimum atomic E-state index is -0.133. The summed E-state index contributed by atoms with van der Waals surface area (Å²) < 4.78 is 1.82. The van der Waals surface area contributed by atoms with Crippen LogP contribution in [0.5, 0.6) is 0 Å². The molecule has 0 bridgehead atoms. The Morgan fingerprint density at radius 2 is 1.75 bits per heavy atom. The van der Waals surface area contributed by atoms with Crippen LogP contribution in [0.15, 0.2) is 29.1 Å². The Morgan fingerprint density at radius 3 is 2.53 bits per heavy atom. The summed E-state index contributed by atoms with van der Waals surface area (Å²) in [5, 5.41) is 3.64. The van der Waals surface area contributed by atoms with E-state index in [1.807, 2.05) is 11.5 Å². The minimum Gasteiger partial charge on any atom is -0.347 e. The van der Waals surface area contributed by atoms with Gasteiger partial charge in [-0.2, -0.15) is 0 Å². The van der Waals surface area contributed by atoms with Crippen LogP contribution in [0, 0.1) is 6.92 Å². The molecule has 7 heteroatoms. The Hall–Kier alpha value is -2.51. The number of carbonyl (C=O) groups excluding carboxylic acids is 1. The molecule has 0 unspecified atom stereocenters. The van der Waals surface area contributed by atoms with E-state index in [1.54, 1.807) is 0 Å². The molecule has 1 aromatic carbocycles. The van der Waals surface area contributed by atoms with Crippen LogP contribution in [0.2, 0.25) is 0 Å². The number of benzene rings is 1. The highest BCUT2D eigenvalue weighted by molar-refractivity contribution is 7.20. The number of nitrogens with one attached hydrogen (secondary N) is 1. The first kappa shape index (κ1) is 21.3. The summed E-state index contributed by atoms with van der Waals surface area (Å²) in [6.45, 7) is 6.44. The second kappa shape index (κ2) is 9.16. The van der Waals surface area contributed by atoms with Gasteiger partial charge in [-0.05, 0) is 62.4 Å². The number of aromatic nitrogens is 2. The standard InChI is InChI=1S/C25H30N4O2S/c1-17-21-24(27-20-7-3-2-4-14-29(20)25(21)31)32-22(17)23(30)26-15-18-8-10-19(11-9-18)16-28-12-5-6-13-28/h8-11H,2-7,12-16H2,1H3,(H,26,30). The average molecular weight is 451 g/mol. The van der Waals surface area contributed by atoms with Crippen LogP contribution in [0.3, 0.4) is 0 Å². The number of aryl methyl sites for hydroxylation is 2. The lowest BCUT2D eigenvalue weighted by molar-refractivity contribution is 0.0954. The predicted molar refractivity (Wildman–Crippen MR) is 128 cm³/mol. The number of hydrogen-bond acceptors (Lipinski definition) is 5. The third-order valence-corrected chi connectivity index (χ3v) is 7.88. The van der Waals surface area contributed by atoms with E-state index in [1.165, 1.54) is 42.8 Å². The van der Waals surface area contributed by atoms with Crippen LogP contribution in [0.1, 0.15) is 64.3 Å². The number of fused-ring (bicyclic) bond motifs is 2. The van der Waals surface area contributed by atoms with E-state index in [0.29, 0.717) is 21.6 Å². The van der Waals surface area contributed by atoms with E-state index in [-0.39, 0.29) is 11.5 Å². The summed E-state index contributed by atoms with van der Waals surface area (Å²) in [6.07, 6.45) is 6.62. The summed E-state index contributed by atoms with van der Waals surface area (Å²) in [4.78, 5) is 34.6. The van der Waals surface area contributed by atoms with Gasteiger partial charge in [-0.15, -0.1) is 11.3 Å². The lowest BCUT2D eigenvalue weighted by Crippen LogP contribution is -2.25. The van der Waals surface area contributed by atoms with Gasteiger partial charge in [0.1, 0.15) is 10.7 Å². The molecule has 4 heterocycles. The van der Waals surface area contributed by atoms with Crippen molar-refractivity contribution in [2.45, 2.75) is 65.1 Å². The topological polar surface area (TPSA) is 67.2 Å². The molecule has 0 atom stereocenters. The molecule has 0 radical (unpaired) electrons. The van der Waals surface area contributed by atoms with Gasteiger partial charge in [-0.3, -0.25) is 19.1 Å². The van der Waals surface area contributed by atoms with E-state index in [0.717, 1.165) is 55.7 Å². The number of amides is 1. The molecule has 1 amide bonds. The highest BCUT2D eigenvalue weighted by Crippen LogP contribution is 2.28. The van der Waals surface area contributed by atoms with Crippen LogP contribution in [-0.2, 0) is 26.1 Å². The van der Waals surface area contributed by atoms with E-state index >= 15 is 0 Å². The van der Waals surface area contributed by atoms with Crippen molar-refractivity contribution in [3.63, 3.8) is 0 Å². The molecule has 2 aromatic heterocycles. The number of thiophene rings is 1. The number of rotatable bonds is 5. The lowest BCUT2D eigenvalue weighted by atomic mass is 10.1. The molecular weight excluding hydrogens is 420 g/mol. The molecule has 2 aliphatic heterocycles. The summed E-state index contributed by atoms with van der Waals surface area (Å²) in [7, 11) is 0. The summed E-state index contributed by atoms with van der Waals surface area (Å²) in [5.41, 5.74) is 3.15. The fourth-order valence-corrected chi connectivity index (χ4v) is 5.96. The first-order chi connectivity index (χ1) is 15.6. The molecule has 0 aliphatic carbocycles. The zero-order chi connectivity index (χ0) is 22.1. The van der Waals surface area contributed by atoms with E-state index in [4.69, 9.17) is 4.98 Å². The molecule has 3 aromatic rings. The Morgan fingerprint density at radius 1 is 1.03 bits per heavy atom. The van der Waals surface area contributed by atoms with Crippen molar-refractivity contribution < 1.29 is 4.79 Å². The molecule has 0 saturated carbocycles. The fourth-order valence-electron chi connectivity index (χ4n) is 4.85. The Labute approximate surface area is 192 Å². The molecule has 5 rings (SSSR count). The van der Waals surface area contributed by atoms with Gasteiger partial charge in [0.25, 0.3) is 11.5 Å². The molecule has 1 saturated heterocycles. The van der Waals surface area contributed by atoms with Gasteiger partial charge in [0.05, 0.1) is 10.3 Å². The van der Waals surface area contributed by atoms with Gasteiger partial charge in [-0.1, -0.05) is 30.7 Å². The molecular formula is C25H30N4O2S. The van der Waals surface area contributed by atoms with E-state index in [2.05, 4.69) is 34.5 Å².